The summed E-state index contributed by atoms with van der Waals surface area (Å²) >= 11 is 0. The highest BCUT2D eigenvalue weighted by Gasteiger charge is 2.47. The fourth-order valence-electron chi connectivity index (χ4n) is 6.67. The van der Waals surface area contributed by atoms with E-state index in [0.717, 1.165) is 4.90 Å². The van der Waals surface area contributed by atoms with Gasteiger partial charge in [0.25, 0.3) is 11.8 Å². The van der Waals surface area contributed by atoms with E-state index in [4.69, 9.17) is 9.47 Å². The number of amides is 2. The number of imide groups is 1. The van der Waals surface area contributed by atoms with Gasteiger partial charge in [-0.05, 0) is 35.4 Å². The first-order valence-corrected chi connectivity index (χ1v) is 13.5. The van der Waals surface area contributed by atoms with Crippen LogP contribution in [0.1, 0.15) is 38.1 Å². The van der Waals surface area contributed by atoms with Gasteiger partial charge in [-0.2, -0.15) is 0 Å². The molecule has 0 spiro atoms. The van der Waals surface area contributed by atoms with Gasteiger partial charge < -0.3 is 44.6 Å². The van der Waals surface area contributed by atoms with E-state index in [1.54, 1.807) is 41.0 Å². The van der Waals surface area contributed by atoms with Crippen molar-refractivity contribution in [1.82, 2.24) is 14.5 Å². The van der Waals surface area contributed by atoms with Crippen molar-refractivity contribution in [2.75, 3.05) is 20.8 Å². The largest absolute Gasteiger partial charge is 0.394 e. The van der Waals surface area contributed by atoms with Crippen LogP contribution in [0.5, 0.6) is 0 Å². The van der Waals surface area contributed by atoms with E-state index >= 15 is 0 Å². The molecule has 218 valence electrons. The number of aliphatic hydroxyl groups excluding tert-OH is 5. The summed E-state index contributed by atoms with van der Waals surface area (Å²) in [6.07, 6.45) is -6.17. The van der Waals surface area contributed by atoms with Crippen molar-refractivity contribution >= 4 is 55.4 Å². The van der Waals surface area contributed by atoms with Crippen LogP contribution >= 0.6 is 0 Å². The Morgan fingerprint density at radius 3 is 2.19 bits per heavy atom. The Labute approximate surface area is 237 Å². The number of carbonyl (C=O) groups is 2. The summed E-state index contributed by atoms with van der Waals surface area (Å²) < 4.78 is 13.2. The van der Waals surface area contributed by atoms with Gasteiger partial charge in [-0.15, -0.1) is 0 Å². The minimum absolute atomic E-state index is 0.165. The van der Waals surface area contributed by atoms with Crippen molar-refractivity contribution in [2.24, 2.45) is 0 Å². The quantitative estimate of drug-likeness (QED) is 0.168. The van der Waals surface area contributed by atoms with E-state index in [1.165, 1.54) is 14.2 Å². The van der Waals surface area contributed by atoms with Crippen LogP contribution in [0.2, 0.25) is 0 Å². The van der Waals surface area contributed by atoms with Crippen molar-refractivity contribution in [2.45, 2.75) is 43.9 Å². The molecule has 3 aromatic carbocycles. The predicted molar refractivity (Wildman–Crippen MR) is 151 cm³/mol. The number of methoxy groups -OCH3 is 1. The zero-order valence-corrected chi connectivity index (χ0v) is 22.7. The van der Waals surface area contributed by atoms with Crippen LogP contribution in [0, 0.1) is 0 Å². The minimum atomic E-state index is -1.51. The highest BCUT2D eigenvalue weighted by Crippen LogP contribution is 2.47. The van der Waals surface area contributed by atoms with Crippen molar-refractivity contribution in [3.8, 4) is 0 Å². The van der Waals surface area contributed by atoms with E-state index in [1.807, 2.05) is 0 Å². The second-order valence-corrected chi connectivity index (χ2v) is 10.9. The maximum Gasteiger partial charge on any atom is 0.262 e. The van der Waals surface area contributed by atoms with Gasteiger partial charge >= 0.3 is 0 Å². The van der Waals surface area contributed by atoms with Crippen LogP contribution in [0.4, 0.5) is 0 Å². The van der Waals surface area contributed by atoms with Crippen molar-refractivity contribution in [3.63, 3.8) is 0 Å². The number of nitrogens with zero attached hydrogens (tertiary/aromatic N) is 2. The summed E-state index contributed by atoms with van der Waals surface area (Å²) in [5.41, 5.74) is 3.60. The van der Waals surface area contributed by atoms with E-state index in [-0.39, 0.29) is 24.3 Å². The van der Waals surface area contributed by atoms with Crippen LogP contribution in [-0.2, 0) is 22.7 Å². The smallest absolute Gasteiger partial charge is 0.262 e. The average Bonchev–Trinajstić information content (AvgIpc) is 3.62. The molecule has 12 nitrogen and oxygen atoms in total. The molecular formula is C30H29N3O9. The summed E-state index contributed by atoms with van der Waals surface area (Å²) in [4.78, 5) is 31.8. The zero-order chi connectivity index (χ0) is 29.6. The van der Waals surface area contributed by atoms with Crippen molar-refractivity contribution in [3.05, 3.63) is 58.7 Å². The number of ether oxygens (including phenoxy) is 2. The van der Waals surface area contributed by atoms with E-state index in [2.05, 4.69) is 4.98 Å². The predicted octanol–water partition coefficient (Wildman–Crippen LogP) is 1.27. The lowest BCUT2D eigenvalue weighted by Crippen LogP contribution is -2.57. The Bertz CT molecular complexity index is 1940. The number of aliphatic hydroxyl groups is 5. The molecule has 12 heteroatoms. The van der Waals surface area contributed by atoms with Crippen molar-refractivity contribution in [1.29, 1.82) is 0 Å². The zero-order valence-electron chi connectivity index (χ0n) is 22.7. The molecule has 42 heavy (non-hydrogen) atoms. The Morgan fingerprint density at radius 1 is 0.905 bits per heavy atom. The van der Waals surface area contributed by atoms with Crippen LogP contribution < -0.4 is 0 Å². The number of aromatic nitrogens is 2. The summed E-state index contributed by atoms with van der Waals surface area (Å²) in [6, 6.07) is 10.4. The number of rotatable bonds is 5. The lowest BCUT2D eigenvalue weighted by molar-refractivity contribution is -0.255. The molecule has 2 amide bonds. The third-order valence-electron chi connectivity index (χ3n) is 8.69. The van der Waals surface area contributed by atoms with Gasteiger partial charge in [-0.1, -0.05) is 12.1 Å². The summed E-state index contributed by atoms with van der Waals surface area (Å²) in [6.45, 7) is -1.00. The third kappa shape index (κ3) is 3.42. The molecular weight excluding hydrogens is 546 g/mol. The van der Waals surface area contributed by atoms with Crippen LogP contribution in [0.15, 0.2) is 36.4 Å². The van der Waals surface area contributed by atoms with Crippen molar-refractivity contribution < 1.29 is 44.6 Å². The molecule has 0 unspecified atom stereocenters. The number of fused-ring (bicyclic) bond motifs is 10. The molecule has 5 atom stereocenters. The highest BCUT2D eigenvalue weighted by atomic mass is 16.6. The number of nitrogens with one attached hydrogen (secondary N) is 1. The number of carbonyl (C=O) groups excluding carboxylic acids is 2. The normalized spacial score (nSPS) is 24.6. The molecule has 1 fully saturated rings. The molecule has 5 aromatic rings. The molecule has 0 aliphatic carbocycles. The second kappa shape index (κ2) is 9.57. The summed E-state index contributed by atoms with van der Waals surface area (Å²) in [5, 5.41) is 54.4. The maximum absolute atomic E-state index is 13.8. The fourth-order valence-corrected chi connectivity index (χ4v) is 6.67. The number of hydrogen-bond acceptors (Lipinski definition) is 9. The Morgan fingerprint density at radius 2 is 1.55 bits per heavy atom. The average molecular weight is 576 g/mol. The van der Waals surface area contributed by atoms with Crippen LogP contribution in [0.25, 0.3) is 43.6 Å². The number of H-pyrrole nitrogens is 1. The van der Waals surface area contributed by atoms with Gasteiger partial charge in [-0.25, -0.2) is 0 Å². The first-order valence-electron chi connectivity index (χ1n) is 13.5. The lowest BCUT2D eigenvalue weighted by Gasteiger charge is -2.42. The van der Waals surface area contributed by atoms with Gasteiger partial charge in [0.15, 0.2) is 6.23 Å². The molecule has 1 saturated heterocycles. The molecule has 6 N–H and O–H groups in total. The molecule has 0 saturated carbocycles. The fraction of sp³-hybridized carbons (Fsp3) is 0.333. The Hall–Kier alpha value is -3.88. The highest BCUT2D eigenvalue weighted by molar-refractivity contribution is 6.39. The van der Waals surface area contributed by atoms with Gasteiger partial charge in [-0.3, -0.25) is 14.5 Å². The van der Waals surface area contributed by atoms with Gasteiger partial charge in [0.05, 0.1) is 47.5 Å². The monoisotopic (exact) mass is 575 g/mol. The first kappa shape index (κ1) is 27.0. The van der Waals surface area contributed by atoms with Gasteiger partial charge in [0.2, 0.25) is 0 Å². The Balaban J connectivity index is 1.69. The molecule has 0 radical (unpaired) electrons. The number of hydrogen-bond donors (Lipinski definition) is 6. The molecule has 0 bridgehead atoms. The third-order valence-corrected chi connectivity index (χ3v) is 8.69. The van der Waals surface area contributed by atoms with E-state index in [9.17, 15) is 35.1 Å². The first-order chi connectivity index (χ1) is 20.2. The van der Waals surface area contributed by atoms with Gasteiger partial charge in [0.1, 0.15) is 24.4 Å². The van der Waals surface area contributed by atoms with E-state index in [0.29, 0.717) is 54.7 Å². The number of aromatic amines is 1. The summed E-state index contributed by atoms with van der Waals surface area (Å²) in [5.74, 6) is -0.995. The second-order valence-electron chi connectivity index (χ2n) is 10.9. The molecule has 2 aromatic heterocycles. The summed E-state index contributed by atoms with van der Waals surface area (Å²) in [7, 11) is 2.76. The standard InChI is InChI=1S/C30H29N3O9/c1-32-28(39)21-19-14-7-12(9-34)3-5-16(14)31-23(19)24-20(22(21)29(32)40)15-8-13(10-35)4-6-17(15)33(24)30-26(38)25(37)27(41-2)18(11-36)42-30/h3-8,18,25-27,30-31,34-38H,9-11H2,1-2H3/t18-,25-,26-,27-,30-/m1/s1. The SMILES string of the molecule is CO[C@H]1[C@H](O)[C@@H](O)[C@H](n2c3ccc(CO)cc3c3c4c(c5c6cc(CO)ccc6[nH]c5c32)C(=O)N(C)C4=O)O[C@@H]1CO. The minimum Gasteiger partial charge on any atom is -0.394 e. The van der Waals surface area contributed by atoms with Crippen LogP contribution in [-0.4, -0.2) is 97.0 Å². The maximum atomic E-state index is 13.8. The lowest BCUT2D eigenvalue weighted by atomic mass is 9.95. The van der Waals surface area contributed by atoms with Gasteiger partial charge in [0, 0.05) is 41.2 Å². The topological polar surface area (TPSA) is 178 Å². The van der Waals surface area contributed by atoms with E-state index < -0.39 is 49.1 Å². The Kier molecular flexibility index (Phi) is 6.15. The molecule has 4 heterocycles. The number of benzene rings is 3. The molecule has 2 aliphatic rings. The van der Waals surface area contributed by atoms with Crippen LogP contribution in [0.3, 0.4) is 0 Å². The molecule has 7 rings (SSSR count). The molecule has 2 aliphatic heterocycles.